The molecule has 4 nitrogen and oxygen atoms in total. The maximum Gasteiger partial charge on any atom is 0.262 e. The first kappa shape index (κ1) is 17.7. The fraction of sp³-hybridized carbons (Fsp3) is 0.400. The van der Waals surface area contributed by atoms with Gasteiger partial charge in [-0.3, -0.25) is 9.36 Å². The molecule has 0 saturated carbocycles. The van der Waals surface area contributed by atoms with E-state index in [2.05, 4.69) is 18.8 Å². The van der Waals surface area contributed by atoms with Crippen LogP contribution in [0.3, 0.4) is 0 Å². The Morgan fingerprint density at radius 1 is 1.16 bits per heavy atom. The summed E-state index contributed by atoms with van der Waals surface area (Å²) in [5.74, 6) is 0.846. The normalized spacial score (nSPS) is 11.2. The lowest BCUT2D eigenvalue weighted by molar-refractivity contribution is 0.340. The van der Waals surface area contributed by atoms with Crippen LogP contribution in [0.25, 0.3) is 21.3 Å². The highest BCUT2D eigenvalue weighted by molar-refractivity contribution is 7.19. The Kier molecular flexibility index (Phi) is 5.53. The quantitative estimate of drug-likeness (QED) is 0.558. The molecule has 0 N–H and O–H groups in total. The Balaban J connectivity index is 2.06. The number of hydrogen-bond acceptors (Lipinski definition) is 4. The van der Waals surface area contributed by atoms with Crippen LogP contribution in [0.2, 0.25) is 0 Å². The van der Waals surface area contributed by atoms with Crippen LogP contribution in [-0.2, 0) is 6.54 Å². The van der Waals surface area contributed by atoms with E-state index in [0.29, 0.717) is 6.61 Å². The molecule has 25 heavy (non-hydrogen) atoms. The van der Waals surface area contributed by atoms with Gasteiger partial charge >= 0.3 is 0 Å². The molecule has 0 bridgehead atoms. The number of benzene rings is 1. The molecule has 1 aromatic carbocycles. The van der Waals surface area contributed by atoms with Crippen molar-refractivity contribution in [1.29, 1.82) is 0 Å². The van der Waals surface area contributed by atoms with Crippen molar-refractivity contribution in [2.45, 2.75) is 46.6 Å². The van der Waals surface area contributed by atoms with Crippen molar-refractivity contribution in [2.24, 2.45) is 0 Å². The zero-order valence-electron chi connectivity index (χ0n) is 15.0. The summed E-state index contributed by atoms with van der Waals surface area (Å²) >= 11 is 1.58. The van der Waals surface area contributed by atoms with Crippen LogP contribution in [0.1, 0.15) is 38.0 Å². The van der Waals surface area contributed by atoms with Crippen LogP contribution < -0.4 is 10.3 Å². The van der Waals surface area contributed by atoms with E-state index in [0.717, 1.165) is 57.8 Å². The predicted octanol–water partition coefficient (Wildman–Crippen LogP) is 5.02. The van der Waals surface area contributed by atoms with Gasteiger partial charge in [0.25, 0.3) is 5.56 Å². The summed E-state index contributed by atoms with van der Waals surface area (Å²) in [6.07, 6.45) is 4.96. The fourth-order valence-corrected chi connectivity index (χ4v) is 4.06. The first-order chi connectivity index (χ1) is 12.2. The maximum absolute atomic E-state index is 13.0. The zero-order valence-corrected chi connectivity index (χ0v) is 15.9. The molecule has 2 aromatic heterocycles. The third-order valence-corrected chi connectivity index (χ3v) is 5.32. The minimum absolute atomic E-state index is 0.0642. The molecule has 0 atom stereocenters. The number of unbranched alkanes of at least 4 members (excludes halogenated alkanes) is 2. The lowest BCUT2D eigenvalue weighted by Gasteiger charge is -2.07. The number of aryl methyl sites for hydroxylation is 2. The molecular formula is C20H24N2O2S. The second-order valence-electron chi connectivity index (χ2n) is 6.12. The van der Waals surface area contributed by atoms with Crippen LogP contribution in [0.15, 0.2) is 35.4 Å². The van der Waals surface area contributed by atoms with Crippen molar-refractivity contribution in [3.63, 3.8) is 0 Å². The van der Waals surface area contributed by atoms with Gasteiger partial charge in [-0.05, 0) is 38.0 Å². The van der Waals surface area contributed by atoms with Crippen LogP contribution >= 0.6 is 11.3 Å². The lowest BCUT2D eigenvalue weighted by Crippen LogP contribution is -2.20. The first-order valence-corrected chi connectivity index (χ1v) is 9.69. The van der Waals surface area contributed by atoms with Crippen molar-refractivity contribution in [2.75, 3.05) is 6.61 Å². The molecule has 2 heterocycles. The van der Waals surface area contributed by atoms with Crippen molar-refractivity contribution in [3.8, 4) is 16.9 Å². The summed E-state index contributed by atoms with van der Waals surface area (Å²) in [5, 5.41) is 0.741. The number of thiophene rings is 1. The number of ether oxygens (including phenoxy) is 1. The summed E-state index contributed by atoms with van der Waals surface area (Å²) in [6, 6.07) is 7.95. The molecule has 0 aliphatic carbocycles. The van der Waals surface area contributed by atoms with E-state index in [4.69, 9.17) is 4.74 Å². The third kappa shape index (κ3) is 3.61. The van der Waals surface area contributed by atoms with Crippen LogP contribution in [0.4, 0.5) is 0 Å². The Bertz CT molecular complexity index is 910. The smallest absolute Gasteiger partial charge is 0.262 e. The van der Waals surface area contributed by atoms with Crippen LogP contribution in [-0.4, -0.2) is 16.2 Å². The molecule has 0 spiro atoms. The van der Waals surface area contributed by atoms with Gasteiger partial charge in [0.2, 0.25) is 0 Å². The highest BCUT2D eigenvalue weighted by Gasteiger charge is 2.16. The van der Waals surface area contributed by atoms with Crippen molar-refractivity contribution in [1.82, 2.24) is 9.55 Å². The number of hydrogen-bond donors (Lipinski definition) is 0. The molecule has 0 aliphatic heterocycles. The van der Waals surface area contributed by atoms with E-state index in [9.17, 15) is 4.79 Å². The van der Waals surface area contributed by atoms with Crippen molar-refractivity contribution >= 4 is 21.6 Å². The fourth-order valence-electron chi connectivity index (χ4n) is 3.06. The maximum atomic E-state index is 13.0. The SMILES string of the molecule is CCCCCn1cnc2sc(C)c(-c3ccc(OCC)cc3)c2c1=O. The van der Waals surface area contributed by atoms with E-state index in [1.165, 1.54) is 0 Å². The van der Waals surface area contributed by atoms with Crippen molar-refractivity contribution in [3.05, 3.63) is 45.8 Å². The van der Waals surface area contributed by atoms with Gasteiger partial charge in [0.15, 0.2) is 0 Å². The van der Waals surface area contributed by atoms with Gasteiger partial charge < -0.3 is 4.74 Å². The predicted molar refractivity (Wildman–Crippen MR) is 105 cm³/mol. The highest BCUT2D eigenvalue weighted by atomic mass is 32.1. The summed E-state index contributed by atoms with van der Waals surface area (Å²) in [4.78, 5) is 19.5. The van der Waals surface area contributed by atoms with Gasteiger partial charge in [-0.15, -0.1) is 11.3 Å². The monoisotopic (exact) mass is 356 g/mol. The molecule has 3 aromatic rings. The summed E-state index contributed by atoms with van der Waals surface area (Å²) in [5.41, 5.74) is 2.11. The topological polar surface area (TPSA) is 44.1 Å². The van der Waals surface area contributed by atoms with Gasteiger partial charge in [-0.1, -0.05) is 31.9 Å². The van der Waals surface area contributed by atoms with E-state index >= 15 is 0 Å². The second-order valence-corrected chi connectivity index (χ2v) is 7.32. The number of fused-ring (bicyclic) bond motifs is 1. The molecule has 132 valence electrons. The molecular weight excluding hydrogens is 332 g/mol. The molecule has 0 aliphatic rings. The van der Waals surface area contributed by atoms with E-state index in [1.807, 2.05) is 31.2 Å². The third-order valence-electron chi connectivity index (χ3n) is 4.31. The molecule has 5 heteroatoms. The average molecular weight is 356 g/mol. The van der Waals surface area contributed by atoms with Gasteiger partial charge in [0, 0.05) is 17.0 Å². The Hall–Kier alpha value is -2.14. The standard InChI is InChI=1S/C20H24N2O2S/c1-4-6-7-12-22-13-21-19-18(20(22)23)17(14(3)25-19)15-8-10-16(11-9-15)24-5-2/h8-11,13H,4-7,12H2,1-3H3. The molecule has 3 rings (SSSR count). The van der Waals surface area contributed by atoms with E-state index in [-0.39, 0.29) is 5.56 Å². The van der Waals surface area contributed by atoms with Crippen molar-refractivity contribution < 1.29 is 4.74 Å². The lowest BCUT2D eigenvalue weighted by atomic mass is 10.0. The largest absolute Gasteiger partial charge is 0.494 e. The minimum atomic E-state index is 0.0642. The highest BCUT2D eigenvalue weighted by Crippen LogP contribution is 2.36. The van der Waals surface area contributed by atoms with Gasteiger partial charge in [0.1, 0.15) is 10.6 Å². The summed E-state index contributed by atoms with van der Waals surface area (Å²) < 4.78 is 7.27. The zero-order chi connectivity index (χ0) is 17.8. The number of rotatable bonds is 7. The first-order valence-electron chi connectivity index (χ1n) is 8.87. The summed E-state index contributed by atoms with van der Waals surface area (Å²) in [6.45, 7) is 7.56. The van der Waals surface area contributed by atoms with E-state index in [1.54, 1.807) is 22.2 Å². The number of nitrogens with zero attached hydrogens (tertiary/aromatic N) is 2. The Morgan fingerprint density at radius 2 is 1.92 bits per heavy atom. The molecule has 0 unspecified atom stereocenters. The second kappa shape index (κ2) is 7.83. The van der Waals surface area contributed by atoms with E-state index < -0.39 is 0 Å². The van der Waals surface area contributed by atoms with Gasteiger partial charge in [-0.2, -0.15) is 0 Å². The molecule has 0 radical (unpaired) electrons. The Labute approximate surface area is 152 Å². The molecule has 0 saturated heterocycles. The Morgan fingerprint density at radius 3 is 2.60 bits per heavy atom. The molecule has 0 amide bonds. The summed E-state index contributed by atoms with van der Waals surface area (Å²) in [7, 11) is 0. The number of aromatic nitrogens is 2. The van der Waals surface area contributed by atoms with Gasteiger partial charge in [0.05, 0.1) is 18.3 Å². The van der Waals surface area contributed by atoms with Gasteiger partial charge in [-0.25, -0.2) is 4.98 Å². The minimum Gasteiger partial charge on any atom is -0.494 e. The average Bonchev–Trinajstić information content (AvgIpc) is 2.95. The van der Waals surface area contributed by atoms with Crippen LogP contribution in [0, 0.1) is 6.92 Å². The molecule has 0 fully saturated rings. The van der Waals surface area contributed by atoms with Crippen LogP contribution in [0.5, 0.6) is 5.75 Å².